The molecule has 14 heterocycles. The quantitative estimate of drug-likeness (QED) is 0.0549. The van der Waals surface area contributed by atoms with E-state index < -0.39 is 64.2 Å². The van der Waals surface area contributed by atoms with E-state index >= 15 is 4.79 Å². The number of rotatable bonds is 13. The lowest BCUT2D eigenvalue weighted by molar-refractivity contribution is -0.158. The molecule has 0 aromatic heterocycles. The van der Waals surface area contributed by atoms with Crippen LogP contribution in [0.5, 0.6) is 80.5 Å². The van der Waals surface area contributed by atoms with Gasteiger partial charge in [-0.1, -0.05) is 27.0 Å². The van der Waals surface area contributed by atoms with Gasteiger partial charge in [0.25, 0.3) is 0 Å². The Balaban J connectivity index is 0.000000186. The minimum Gasteiger partial charge on any atom is -0.504 e. The highest BCUT2D eigenvalue weighted by molar-refractivity contribution is 7.99. The van der Waals surface area contributed by atoms with Crippen molar-refractivity contribution in [2.45, 2.75) is 204 Å². The summed E-state index contributed by atoms with van der Waals surface area (Å²) >= 11 is 3.26. The summed E-state index contributed by atoms with van der Waals surface area (Å²) in [6.07, 6.45) is 1.53. The first-order valence-electron chi connectivity index (χ1n) is 41.1. The van der Waals surface area contributed by atoms with Gasteiger partial charge in [-0.3, -0.25) is 30.2 Å². The van der Waals surface area contributed by atoms with Crippen LogP contribution in [0.25, 0.3) is 0 Å². The second-order valence-electron chi connectivity index (χ2n) is 33.2. The van der Waals surface area contributed by atoms with E-state index in [-0.39, 0.29) is 118 Å². The minimum atomic E-state index is -1.35. The summed E-state index contributed by atoms with van der Waals surface area (Å²) in [6, 6.07) is 12.8. The molecule has 14 aliphatic heterocycles. The maximum Gasteiger partial charge on any atom is 0.514 e. The van der Waals surface area contributed by atoms with Crippen LogP contribution in [-0.2, 0) is 60.6 Å². The summed E-state index contributed by atoms with van der Waals surface area (Å²) in [7, 11) is 10.6. The number of piperazine rings is 2. The molecule has 0 amide bonds. The number of thioether (sulfide) groups is 2. The van der Waals surface area contributed by atoms with Gasteiger partial charge < -0.3 is 80.9 Å². The zero-order chi connectivity index (χ0) is 83.9. The van der Waals surface area contributed by atoms with Crippen molar-refractivity contribution >= 4 is 41.6 Å². The first-order valence-corrected chi connectivity index (χ1v) is 43.2. The number of methoxy groups -OCH3 is 4. The molecule has 8 bridgehead atoms. The molecule has 6 aromatic rings. The standard InChI is InChI=1S/C47H56N4O11S.C42H48N4O9S.2CH4/c1-11-56-39-24(4)40-42(60-22-59-40)34-30-20-58-44(52)47(27-18-31(54-9)32(17-25(27)13-14-49-47)61-45(53)62-46(5,6)7)21-63-43(35(34)39)37-36-33-26(15-23(3)38(55-10)41(33)57-12-2)16-28(50(36)8)29(19-48)51(30)37;1-8-51-36-21(4)37-39(55-19-54-37)31-27-17-53-41(48)42(24-15-29(49-6)28(47)14-22(24)10-11-44-42)18-56-40(32(31)36)34-33-30-23(12-20(3)35(50-7)38(30)52-9-2)13-25(45(33)5)26(16-43)46(27)34;;/h15,17-18,28-30,36-37,43,49H,11-14,16,20-22H2,1-10H3;12,14-15,25-27,33-34,40,44,47H,8-11,13,17-19H2,1-7H3;2*1H4/t28-,29-,30-,36+,37?,43+,47+;25-,26-,27-,33+,34?,40+,42+;;/m00../s1. The van der Waals surface area contributed by atoms with Gasteiger partial charge in [0.15, 0.2) is 80.1 Å². The Morgan fingerprint density at radius 2 is 0.950 bits per heavy atom. The van der Waals surface area contributed by atoms with Crippen LogP contribution in [0.3, 0.4) is 0 Å². The van der Waals surface area contributed by atoms with E-state index in [1.54, 1.807) is 82.8 Å². The number of fused-ring (bicyclic) bond motifs is 18. The second-order valence-corrected chi connectivity index (χ2v) is 35.5. The fourth-order valence-corrected chi connectivity index (χ4v) is 24.8. The van der Waals surface area contributed by atoms with Crippen molar-refractivity contribution < 1.29 is 95.3 Å². The van der Waals surface area contributed by atoms with Gasteiger partial charge in [-0.25, -0.2) is 14.4 Å². The molecule has 0 saturated carbocycles. The maximum atomic E-state index is 15.1. The zero-order valence-corrected chi connectivity index (χ0v) is 72.0. The largest absolute Gasteiger partial charge is 0.514 e. The lowest BCUT2D eigenvalue weighted by Gasteiger charge is -2.62. The smallest absolute Gasteiger partial charge is 0.504 e. The van der Waals surface area contributed by atoms with Gasteiger partial charge in [-0.05, 0) is 185 Å². The van der Waals surface area contributed by atoms with Gasteiger partial charge in [-0.2, -0.15) is 10.5 Å². The van der Waals surface area contributed by atoms with Crippen LogP contribution < -0.4 is 72.2 Å². The minimum absolute atomic E-state index is 0. The number of carbonyl (C=O) groups is 3. The van der Waals surface area contributed by atoms with Gasteiger partial charge in [0.05, 0.1) is 102 Å². The molecule has 14 atom stereocenters. The predicted molar refractivity (Wildman–Crippen MR) is 453 cm³/mol. The maximum absolute atomic E-state index is 15.1. The Kier molecular flexibility index (Phi) is 23.7. The van der Waals surface area contributed by atoms with E-state index in [4.69, 9.17) is 75.8 Å². The Hall–Kier alpha value is -9.63. The summed E-state index contributed by atoms with van der Waals surface area (Å²) in [4.78, 5) is 52.2. The third-order valence-corrected chi connectivity index (χ3v) is 29.0. The molecule has 2 unspecified atom stereocenters. The molecule has 0 radical (unpaired) electrons. The molecule has 28 nitrogen and oxygen atoms in total. The van der Waals surface area contributed by atoms with Crippen LogP contribution >= 0.6 is 23.5 Å². The van der Waals surface area contributed by atoms with Gasteiger partial charge in [-0.15, -0.1) is 23.5 Å². The molecule has 3 N–H and O–H groups in total. The van der Waals surface area contributed by atoms with E-state index in [2.05, 4.69) is 68.6 Å². The van der Waals surface area contributed by atoms with Crippen molar-refractivity contribution in [2.75, 3.05) is 120 Å². The van der Waals surface area contributed by atoms with Gasteiger partial charge in [0.2, 0.25) is 13.6 Å². The molecule has 6 aromatic carbocycles. The molecule has 20 rings (SSSR count). The summed E-state index contributed by atoms with van der Waals surface area (Å²) in [5.74, 6) is 6.97. The number of phenols is 1. The third kappa shape index (κ3) is 13.4. The van der Waals surface area contributed by atoms with Gasteiger partial charge >= 0.3 is 18.1 Å². The number of hydrogen-bond donors (Lipinski definition) is 3. The monoisotopic (exact) mass is 1700 g/mol. The molecule has 0 aliphatic carbocycles. The Morgan fingerprint density at radius 1 is 0.537 bits per heavy atom. The number of nitrogens with one attached hydrogen (secondary N) is 2. The predicted octanol–water partition coefficient (Wildman–Crippen LogP) is 13.2. The van der Waals surface area contributed by atoms with Crippen LogP contribution in [0.2, 0.25) is 0 Å². The third-order valence-electron chi connectivity index (χ3n) is 26.1. The Morgan fingerprint density at radius 3 is 1.36 bits per heavy atom. The number of aromatic hydroxyl groups is 1. The van der Waals surface area contributed by atoms with Crippen molar-refractivity contribution in [2.24, 2.45) is 0 Å². The number of ether oxygens (including phenoxy) is 16. The van der Waals surface area contributed by atoms with Crippen molar-refractivity contribution in [3.05, 3.63) is 125 Å². The second kappa shape index (κ2) is 33.2. The highest BCUT2D eigenvalue weighted by atomic mass is 32.2. The van der Waals surface area contributed by atoms with Crippen molar-refractivity contribution in [3.63, 3.8) is 0 Å². The number of likely N-dealkylation sites (N-methyl/N-ethyl adjacent to an activating group) is 2. The van der Waals surface area contributed by atoms with Crippen LogP contribution in [-0.4, -0.2) is 205 Å². The summed E-state index contributed by atoms with van der Waals surface area (Å²) in [5, 5.41) is 39.8. The fourth-order valence-electron chi connectivity index (χ4n) is 21.4. The van der Waals surface area contributed by atoms with E-state index in [1.807, 2.05) is 55.4 Å². The van der Waals surface area contributed by atoms with Gasteiger partial charge in [0, 0.05) is 93.3 Å². The van der Waals surface area contributed by atoms with Crippen LogP contribution in [0.15, 0.2) is 36.4 Å². The lowest BCUT2D eigenvalue weighted by atomic mass is 9.71. The number of nitriles is 2. The van der Waals surface area contributed by atoms with Crippen LogP contribution in [0, 0.1) is 50.4 Å². The molecule has 4 fully saturated rings. The normalized spacial score (nSPS) is 27.3. The summed E-state index contributed by atoms with van der Waals surface area (Å²) < 4.78 is 99.3. The Bertz CT molecular complexity index is 5220. The molecular weight excluding hydrogens is 1590 g/mol. The number of esters is 2. The first kappa shape index (κ1) is 86.3. The topological polar surface area (TPSA) is 304 Å². The molecular formula is C91H112N8O20S2. The highest BCUT2D eigenvalue weighted by Gasteiger charge is 2.65. The van der Waals surface area contributed by atoms with Gasteiger partial charge in [0.1, 0.15) is 42.4 Å². The number of carbonyl (C=O) groups excluding carboxylic acids is 3. The van der Waals surface area contributed by atoms with Crippen LogP contribution in [0.1, 0.15) is 187 Å². The molecule has 14 aliphatic rings. The molecule has 2 spiro atoms. The fraction of sp³-hybridized carbons (Fsp3) is 0.549. The number of hydrogen-bond acceptors (Lipinski definition) is 30. The molecule has 121 heavy (non-hydrogen) atoms. The number of aryl methyl sites for hydroxylation is 2. The number of nitrogens with zero attached hydrogens (tertiary/aromatic N) is 6. The molecule has 4 saturated heterocycles. The SMILES string of the molecule is C.C.CCOc1c(C)c2c(c3c1[C@H]1SC[C@]4(NCCc5cc(O)c(OC)cc54)C(=O)OC[C@@H]3N3C1[C@H]1c4c(cc(C)c(OC)c4OCC)C[C@@H]([C@@H]3C#N)N1C)OCO2.CCOc1c(C)c2c(c3c1[C@H]1SC[C@]4(NCCc5cc(OC(=O)OC(C)(C)C)c(OC)cc54)C(=O)OC[C@@H]3N3C1[C@H]1c4c(cc(C)c(OC)c4OCC)C[C@@H]([C@@H]3C#N)N1C)OCO2. The average Bonchev–Trinajstić information content (AvgIpc) is 1.43. The van der Waals surface area contributed by atoms with Crippen molar-refractivity contribution in [1.82, 2.24) is 30.2 Å². The first-order chi connectivity index (χ1) is 57.3. The molecule has 30 heteroatoms. The van der Waals surface area contributed by atoms with Crippen molar-refractivity contribution in [1.29, 1.82) is 10.5 Å². The number of phenolic OH excluding ortho intramolecular Hbond substituents is 1. The average molecular weight is 1700 g/mol. The number of benzene rings is 6. The Labute approximate surface area is 716 Å². The zero-order valence-electron chi connectivity index (χ0n) is 70.4. The van der Waals surface area contributed by atoms with E-state index in [0.717, 1.165) is 89.4 Å². The summed E-state index contributed by atoms with van der Waals surface area (Å²) in [6.45, 7) is 23.8. The van der Waals surface area contributed by atoms with E-state index in [9.17, 15) is 25.2 Å². The van der Waals surface area contributed by atoms with Crippen LogP contribution in [0.4, 0.5) is 4.79 Å². The molecule has 648 valence electrons. The van der Waals surface area contributed by atoms with E-state index in [1.165, 1.54) is 14.2 Å². The van der Waals surface area contributed by atoms with E-state index in [0.29, 0.717) is 122 Å². The lowest BCUT2D eigenvalue weighted by Crippen LogP contribution is -2.69. The van der Waals surface area contributed by atoms with Crippen molar-refractivity contribution in [3.8, 4) is 92.6 Å². The summed E-state index contributed by atoms with van der Waals surface area (Å²) in [5.41, 5.74) is 11.1. The highest BCUT2D eigenvalue weighted by Crippen LogP contribution is 2.68.